The van der Waals surface area contributed by atoms with Gasteiger partial charge in [0.1, 0.15) is 16.9 Å². The maximum atomic E-state index is 6.37. The molecule has 2 aliphatic carbocycles. The van der Waals surface area contributed by atoms with Crippen LogP contribution in [0.1, 0.15) is 31.7 Å². The zero-order valence-electron chi connectivity index (χ0n) is 24.1. The number of rotatable bonds is 5. The Kier molecular flexibility index (Phi) is 6.62. The second-order valence-electron chi connectivity index (χ2n) is 11.4. The van der Waals surface area contributed by atoms with E-state index in [9.17, 15) is 0 Å². The van der Waals surface area contributed by atoms with E-state index in [1.165, 1.54) is 27.1 Å². The minimum atomic E-state index is -0.518. The normalized spacial score (nSPS) is 17.6. The summed E-state index contributed by atoms with van der Waals surface area (Å²) in [5, 5.41) is 7.56. The Hall–Kier alpha value is -4.59. The molecule has 0 fully saturated rings. The molecule has 3 aromatic carbocycles. The Morgan fingerprint density at radius 3 is 2.40 bits per heavy atom. The molecule has 8 rings (SSSR count). The van der Waals surface area contributed by atoms with Crippen molar-refractivity contribution >= 4 is 51.6 Å². The smallest absolute Gasteiger partial charge is 0.147 e. The van der Waals surface area contributed by atoms with Crippen LogP contribution in [0.25, 0.3) is 49.8 Å². The monoisotopic (exact) mass is 574 g/mol. The van der Waals surface area contributed by atoms with Crippen LogP contribution in [0, 0.1) is 5.92 Å². The fourth-order valence-electron chi connectivity index (χ4n) is 6.31. The van der Waals surface area contributed by atoms with Gasteiger partial charge in [0.2, 0.25) is 0 Å². The predicted octanol–water partition coefficient (Wildman–Crippen LogP) is 10.5. The summed E-state index contributed by atoms with van der Waals surface area (Å²) in [4.78, 5) is 10.1. The van der Waals surface area contributed by atoms with Crippen LogP contribution in [0.4, 0.5) is 0 Å². The zero-order valence-corrected chi connectivity index (χ0v) is 25.0. The first-order valence-corrected chi connectivity index (χ1v) is 16.4. The molecule has 0 amide bonds. The van der Waals surface area contributed by atoms with Crippen molar-refractivity contribution in [3.8, 4) is 11.4 Å². The molecule has 0 saturated heterocycles. The van der Waals surface area contributed by atoms with Crippen molar-refractivity contribution in [1.29, 1.82) is 0 Å². The molecule has 43 heavy (non-hydrogen) atoms. The number of aromatic nitrogens is 2. The van der Waals surface area contributed by atoms with Crippen LogP contribution >= 0.6 is 7.92 Å². The molecule has 6 aromatic rings. The van der Waals surface area contributed by atoms with E-state index >= 15 is 0 Å². The maximum Gasteiger partial charge on any atom is 0.147 e. The van der Waals surface area contributed by atoms with E-state index < -0.39 is 7.92 Å². The van der Waals surface area contributed by atoms with Gasteiger partial charge in [0.25, 0.3) is 0 Å². The largest absolute Gasteiger partial charge is 0.455 e. The molecular weight excluding hydrogens is 543 g/mol. The third kappa shape index (κ3) is 4.75. The molecule has 3 aromatic heterocycles. The highest BCUT2D eigenvalue weighted by molar-refractivity contribution is 7.73. The summed E-state index contributed by atoms with van der Waals surface area (Å²) in [7, 11) is -0.518. The SMILES string of the molecule is CC1C=CC(P(C2=CC=C(c3ccc(-c4nc5ccccc5c5oc6ccccc6c45)nc3)CC2)c2ccccc2)=CC1. The lowest BCUT2D eigenvalue weighted by atomic mass is 9.98. The molecule has 2 aliphatic rings. The number of furan rings is 1. The molecule has 0 radical (unpaired) electrons. The van der Waals surface area contributed by atoms with Gasteiger partial charge in [0.15, 0.2) is 0 Å². The maximum absolute atomic E-state index is 6.37. The van der Waals surface area contributed by atoms with E-state index in [-0.39, 0.29) is 0 Å². The van der Waals surface area contributed by atoms with Crippen molar-refractivity contribution in [3.05, 3.63) is 144 Å². The van der Waals surface area contributed by atoms with Crippen molar-refractivity contribution in [1.82, 2.24) is 9.97 Å². The molecule has 0 bridgehead atoms. The molecule has 2 unspecified atom stereocenters. The van der Waals surface area contributed by atoms with E-state index in [0.29, 0.717) is 5.92 Å². The molecule has 208 valence electrons. The van der Waals surface area contributed by atoms with Gasteiger partial charge in [-0.05, 0) is 84.4 Å². The summed E-state index contributed by atoms with van der Waals surface area (Å²) in [6.07, 6.45) is 17.1. The molecule has 0 N–H and O–H groups in total. The number of para-hydroxylation sites is 2. The fourth-order valence-corrected chi connectivity index (χ4v) is 8.83. The standard InChI is InChI=1S/C39H31N2OP/c1-26-15-20-30(21-16-26)43(29-9-3-2-4-10-29)31-22-17-27(18-23-31)28-19-24-35(40-25-28)38-37-33-12-6-8-14-36(33)42-39(37)32-11-5-7-13-34(32)41-38/h2-15,17,19-22,24-26H,16,18,23H2,1H3. The third-order valence-corrected chi connectivity index (χ3v) is 11.2. The number of allylic oxidation sites excluding steroid dienone is 8. The van der Waals surface area contributed by atoms with E-state index in [4.69, 9.17) is 14.4 Å². The Balaban J connectivity index is 1.15. The highest BCUT2D eigenvalue weighted by Crippen LogP contribution is 2.56. The topological polar surface area (TPSA) is 38.9 Å². The number of nitrogens with zero attached hydrogens (tertiary/aromatic N) is 2. The second kappa shape index (κ2) is 10.9. The van der Waals surface area contributed by atoms with Crippen LogP contribution < -0.4 is 5.30 Å². The van der Waals surface area contributed by atoms with Crippen molar-refractivity contribution in [2.45, 2.75) is 26.2 Å². The number of benzene rings is 3. The summed E-state index contributed by atoms with van der Waals surface area (Å²) in [5.74, 6) is 0.617. The van der Waals surface area contributed by atoms with Gasteiger partial charge < -0.3 is 4.42 Å². The first-order valence-electron chi connectivity index (χ1n) is 15.0. The summed E-state index contributed by atoms with van der Waals surface area (Å²) in [5.41, 5.74) is 6.87. The summed E-state index contributed by atoms with van der Waals surface area (Å²) >= 11 is 0. The molecule has 0 saturated carbocycles. The Labute approximate surface area is 252 Å². The Morgan fingerprint density at radius 2 is 1.63 bits per heavy atom. The molecule has 2 atom stereocenters. The molecule has 3 heterocycles. The van der Waals surface area contributed by atoms with Crippen LogP contribution in [-0.2, 0) is 0 Å². The van der Waals surface area contributed by atoms with Crippen LogP contribution in [0.5, 0.6) is 0 Å². The average molecular weight is 575 g/mol. The third-order valence-electron chi connectivity index (χ3n) is 8.57. The van der Waals surface area contributed by atoms with Gasteiger partial charge in [-0.3, -0.25) is 4.98 Å². The molecule has 3 nitrogen and oxygen atoms in total. The Bertz CT molecular complexity index is 2120. The van der Waals surface area contributed by atoms with Crippen molar-refractivity contribution in [3.63, 3.8) is 0 Å². The van der Waals surface area contributed by atoms with Gasteiger partial charge in [-0.2, -0.15) is 0 Å². The van der Waals surface area contributed by atoms with Crippen LogP contribution in [0.15, 0.2) is 143 Å². The van der Waals surface area contributed by atoms with Crippen LogP contribution in [-0.4, -0.2) is 9.97 Å². The lowest BCUT2D eigenvalue weighted by molar-refractivity contribution is 0.672. The lowest BCUT2D eigenvalue weighted by Crippen LogP contribution is -2.07. The summed E-state index contributed by atoms with van der Waals surface area (Å²) in [6.45, 7) is 2.29. The first kappa shape index (κ1) is 26.1. The molecule has 4 heteroatoms. The predicted molar refractivity (Wildman–Crippen MR) is 182 cm³/mol. The minimum Gasteiger partial charge on any atom is -0.455 e. The van der Waals surface area contributed by atoms with Gasteiger partial charge in [0, 0.05) is 17.0 Å². The van der Waals surface area contributed by atoms with Gasteiger partial charge in [-0.15, -0.1) is 0 Å². The van der Waals surface area contributed by atoms with Crippen LogP contribution in [0.3, 0.4) is 0 Å². The highest BCUT2D eigenvalue weighted by Gasteiger charge is 2.23. The van der Waals surface area contributed by atoms with Crippen LogP contribution in [0.2, 0.25) is 0 Å². The average Bonchev–Trinajstić information content (AvgIpc) is 3.47. The zero-order chi connectivity index (χ0) is 28.8. The van der Waals surface area contributed by atoms with E-state index in [0.717, 1.165) is 63.5 Å². The van der Waals surface area contributed by atoms with Gasteiger partial charge in [-0.25, -0.2) is 4.98 Å². The van der Waals surface area contributed by atoms with E-state index in [1.54, 1.807) is 0 Å². The summed E-state index contributed by atoms with van der Waals surface area (Å²) in [6, 6.07) is 31.7. The summed E-state index contributed by atoms with van der Waals surface area (Å²) < 4.78 is 6.37. The fraction of sp³-hybridized carbons (Fsp3) is 0.128. The van der Waals surface area contributed by atoms with Gasteiger partial charge >= 0.3 is 0 Å². The highest BCUT2D eigenvalue weighted by atomic mass is 31.1. The number of pyridine rings is 2. The lowest BCUT2D eigenvalue weighted by Gasteiger charge is -2.27. The Morgan fingerprint density at radius 1 is 0.814 bits per heavy atom. The molecular formula is C39H31N2OP. The number of hydrogen-bond donors (Lipinski definition) is 0. The van der Waals surface area contributed by atoms with E-state index in [1.807, 2.05) is 36.5 Å². The minimum absolute atomic E-state index is 0.518. The van der Waals surface area contributed by atoms with E-state index in [2.05, 4.69) is 98.0 Å². The van der Waals surface area contributed by atoms with Crippen molar-refractivity contribution in [2.24, 2.45) is 5.92 Å². The molecule has 0 aliphatic heterocycles. The van der Waals surface area contributed by atoms with Gasteiger partial charge in [0.05, 0.1) is 16.6 Å². The second-order valence-corrected chi connectivity index (χ2v) is 13.7. The molecule has 0 spiro atoms. The van der Waals surface area contributed by atoms with Crippen molar-refractivity contribution in [2.75, 3.05) is 0 Å². The first-order chi connectivity index (χ1) is 21.2. The van der Waals surface area contributed by atoms with Crippen molar-refractivity contribution < 1.29 is 4.42 Å². The van der Waals surface area contributed by atoms with Gasteiger partial charge in [-0.1, -0.05) is 104 Å². The number of hydrogen-bond acceptors (Lipinski definition) is 3. The quantitative estimate of drug-likeness (QED) is 0.192. The number of fused-ring (bicyclic) bond motifs is 5.